The molecule has 0 radical (unpaired) electrons. The molecule has 0 aromatic heterocycles. The SMILES string of the molecule is CCCC/C=C\CCCCCCCC(=O)OC(/C=C/CCCCCCCCCCCC)C(COP(=O)(O)OCC[N+](C)(C)C)NC(=O)CCCCCCCCCCCCCCCCCCCCC. The average molecular weight is 983 g/mol. The zero-order valence-electron chi connectivity index (χ0n) is 45.9. The largest absolute Gasteiger partial charge is 0.472 e. The molecule has 0 heterocycles. The van der Waals surface area contributed by atoms with Gasteiger partial charge in [-0.3, -0.25) is 18.6 Å². The predicted molar refractivity (Wildman–Crippen MR) is 291 cm³/mol. The number of unbranched alkanes of at least 4 members (excludes halogenated alkanes) is 35. The minimum absolute atomic E-state index is 0.0422. The highest BCUT2D eigenvalue weighted by atomic mass is 31.2. The summed E-state index contributed by atoms with van der Waals surface area (Å²) in [4.78, 5) is 37.5. The Balaban J connectivity index is 5.23. The molecule has 0 aromatic carbocycles. The van der Waals surface area contributed by atoms with E-state index in [1.54, 1.807) is 0 Å². The average Bonchev–Trinajstić information content (AvgIpc) is 3.29. The van der Waals surface area contributed by atoms with Crippen LogP contribution in [0.5, 0.6) is 0 Å². The van der Waals surface area contributed by atoms with Crippen LogP contribution in [0.25, 0.3) is 0 Å². The molecule has 0 aliphatic heterocycles. The van der Waals surface area contributed by atoms with Crippen LogP contribution in [0.1, 0.15) is 284 Å². The van der Waals surface area contributed by atoms with Gasteiger partial charge in [-0.05, 0) is 51.0 Å². The van der Waals surface area contributed by atoms with Crippen molar-refractivity contribution in [2.24, 2.45) is 0 Å². The van der Waals surface area contributed by atoms with Crippen molar-refractivity contribution in [3.8, 4) is 0 Å². The van der Waals surface area contributed by atoms with Crippen molar-refractivity contribution in [1.82, 2.24) is 5.32 Å². The normalized spacial score (nSPS) is 13.9. The Morgan fingerprint density at radius 1 is 0.500 bits per heavy atom. The van der Waals surface area contributed by atoms with Gasteiger partial charge in [-0.2, -0.15) is 0 Å². The second-order valence-corrected chi connectivity index (χ2v) is 22.6. The first-order valence-electron chi connectivity index (χ1n) is 29.2. The fraction of sp³-hybridized carbons (Fsp3) is 0.897. The zero-order valence-corrected chi connectivity index (χ0v) is 46.8. The fourth-order valence-corrected chi connectivity index (χ4v) is 9.31. The van der Waals surface area contributed by atoms with Crippen LogP contribution in [-0.2, 0) is 27.9 Å². The Bertz CT molecular complexity index is 1220. The van der Waals surface area contributed by atoms with Crippen molar-refractivity contribution in [3.63, 3.8) is 0 Å². The van der Waals surface area contributed by atoms with E-state index in [1.807, 2.05) is 33.3 Å². The molecule has 0 rings (SSSR count). The summed E-state index contributed by atoms with van der Waals surface area (Å²) in [6.45, 7) is 6.99. The van der Waals surface area contributed by atoms with E-state index >= 15 is 0 Å². The Labute approximate surface area is 422 Å². The number of quaternary nitrogens is 1. The van der Waals surface area contributed by atoms with Gasteiger partial charge in [0.25, 0.3) is 0 Å². The van der Waals surface area contributed by atoms with Gasteiger partial charge in [-0.25, -0.2) is 4.57 Å². The number of rotatable bonds is 53. The molecule has 3 atom stereocenters. The highest BCUT2D eigenvalue weighted by molar-refractivity contribution is 7.47. The maximum Gasteiger partial charge on any atom is 0.472 e. The van der Waals surface area contributed by atoms with Crippen molar-refractivity contribution in [2.45, 2.75) is 296 Å². The van der Waals surface area contributed by atoms with Crippen LogP contribution in [-0.4, -0.2) is 74.3 Å². The summed E-state index contributed by atoms with van der Waals surface area (Å²) in [6.07, 6.45) is 56.0. The lowest BCUT2D eigenvalue weighted by Crippen LogP contribution is -2.47. The van der Waals surface area contributed by atoms with Gasteiger partial charge in [0.05, 0.1) is 33.8 Å². The van der Waals surface area contributed by atoms with Crippen molar-refractivity contribution in [1.29, 1.82) is 0 Å². The molecule has 0 bridgehead atoms. The minimum atomic E-state index is -4.44. The molecule has 68 heavy (non-hydrogen) atoms. The number of nitrogens with one attached hydrogen (secondary N) is 1. The molecule has 10 heteroatoms. The third-order valence-electron chi connectivity index (χ3n) is 13.1. The Morgan fingerprint density at radius 3 is 1.29 bits per heavy atom. The molecule has 0 aliphatic rings. The Morgan fingerprint density at radius 2 is 0.868 bits per heavy atom. The highest BCUT2D eigenvalue weighted by Gasteiger charge is 2.30. The monoisotopic (exact) mass is 982 g/mol. The molecular formula is C58H114N2O7P+. The number of esters is 1. The second-order valence-electron chi connectivity index (χ2n) is 21.2. The zero-order chi connectivity index (χ0) is 50.1. The molecule has 0 aromatic rings. The maximum atomic E-state index is 13.5. The second kappa shape index (κ2) is 49.1. The van der Waals surface area contributed by atoms with Gasteiger partial charge in [0, 0.05) is 12.8 Å². The topological polar surface area (TPSA) is 111 Å². The molecule has 402 valence electrons. The van der Waals surface area contributed by atoms with Gasteiger partial charge in [0.2, 0.25) is 5.91 Å². The van der Waals surface area contributed by atoms with Crippen LogP contribution < -0.4 is 5.32 Å². The lowest BCUT2D eigenvalue weighted by atomic mass is 10.0. The number of ether oxygens (including phenoxy) is 1. The van der Waals surface area contributed by atoms with E-state index < -0.39 is 20.0 Å². The molecule has 2 N–H and O–H groups in total. The fourth-order valence-electron chi connectivity index (χ4n) is 8.57. The molecule has 0 spiro atoms. The number of phosphoric ester groups is 1. The van der Waals surface area contributed by atoms with Crippen LogP contribution >= 0.6 is 7.82 Å². The Kier molecular flexibility index (Phi) is 48.0. The van der Waals surface area contributed by atoms with Crippen molar-refractivity contribution < 1.29 is 37.3 Å². The number of amides is 1. The molecule has 0 aliphatic carbocycles. The number of nitrogens with zero attached hydrogens (tertiary/aromatic N) is 1. The van der Waals surface area contributed by atoms with Gasteiger partial charge in [0.1, 0.15) is 19.3 Å². The van der Waals surface area contributed by atoms with E-state index in [0.29, 0.717) is 17.4 Å². The minimum Gasteiger partial charge on any atom is -0.456 e. The molecule has 0 fully saturated rings. The quantitative estimate of drug-likeness (QED) is 0.0205. The van der Waals surface area contributed by atoms with Crippen LogP contribution in [0.15, 0.2) is 24.3 Å². The van der Waals surface area contributed by atoms with Crippen LogP contribution in [0.2, 0.25) is 0 Å². The first kappa shape index (κ1) is 66.5. The van der Waals surface area contributed by atoms with Crippen LogP contribution in [0.3, 0.4) is 0 Å². The molecule has 0 saturated heterocycles. The number of phosphoric acid groups is 1. The first-order chi connectivity index (χ1) is 32.9. The standard InChI is InChI=1S/C58H113N2O7P/c1-7-10-13-16-19-22-25-27-28-29-30-31-32-33-36-38-41-44-47-50-57(61)59-55(54-66-68(63,64)65-53-52-60(4,5)6)56(49-46-43-40-37-35-26-23-20-17-14-11-8-2)67-58(62)51-48-45-42-39-34-24-21-18-15-12-9-3/h18,21,46,49,55-56H,7-17,19-20,22-45,47-48,50-54H2,1-6H3,(H-,59,61,63,64)/p+1/b21-18-,49-46+. The number of hydrogen-bond donors (Lipinski definition) is 2. The molecule has 9 nitrogen and oxygen atoms in total. The summed E-state index contributed by atoms with van der Waals surface area (Å²) < 4.78 is 30.6. The van der Waals surface area contributed by atoms with Gasteiger partial charge in [-0.15, -0.1) is 0 Å². The van der Waals surface area contributed by atoms with Crippen molar-refractivity contribution >= 4 is 19.7 Å². The van der Waals surface area contributed by atoms with Crippen molar-refractivity contribution in [3.05, 3.63) is 24.3 Å². The third-order valence-corrected chi connectivity index (χ3v) is 14.1. The maximum absolute atomic E-state index is 13.5. The number of hydrogen-bond acceptors (Lipinski definition) is 6. The van der Waals surface area contributed by atoms with Crippen molar-refractivity contribution in [2.75, 3.05) is 40.9 Å². The number of carbonyl (C=O) groups excluding carboxylic acids is 2. The summed E-state index contributed by atoms with van der Waals surface area (Å²) >= 11 is 0. The van der Waals surface area contributed by atoms with Crippen LogP contribution in [0.4, 0.5) is 0 Å². The van der Waals surface area contributed by atoms with E-state index in [9.17, 15) is 19.0 Å². The number of allylic oxidation sites excluding steroid dienone is 3. The summed E-state index contributed by atoms with van der Waals surface area (Å²) in [5.41, 5.74) is 0. The first-order valence-corrected chi connectivity index (χ1v) is 30.7. The molecular weight excluding hydrogens is 868 g/mol. The summed E-state index contributed by atoms with van der Waals surface area (Å²) in [5.74, 6) is -0.504. The molecule has 3 unspecified atom stereocenters. The lowest BCUT2D eigenvalue weighted by molar-refractivity contribution is -0.870. The smallest absolute Gasteiger partial charge is 0.456 e. The van der Waals surface area contributed by atoms with Gasteiger partial charge < -0.3 is 19.4 Å². The summed E-state index contributed by atoms with van der Waals surface area (Å²) in [6, 6.07) is -0.844. The predicted octanol–water partition coefficient (Wildman–Crippen LogP) is 17.4. The summed E-state index contributed by atoms with van der Waals surface area (Å²) in [7, 11) is 1.50. The molecule has 1 amide bonds. The lowest BCUT2D eigenvalue weighted by Gasteiger charge is -2.27. The Hall–Kier alpha value is -1.51. The van der Waals surface area contributed by atoms with E-state index in [4.69, 9.17) is 13.8 Å². The van der Waals surface area contributed by atoms with E-state index in [1.165, 1.54) is 167 Å². The van der Waals surface area contributed by atoms with E-state index in [2.05, 4.69) is 38.2 Å². The van der Waals surface area contributed by atoms with E-state index in [0.717, 1.165) is 83.5 Å². The van der Waals surface area contributed by atoms with Gasteiger partial charge >= 0.3 is 13.8 Å². The van der Waals surface area contributed by atoms with Gasteiger partial charge in [0.15, 0.2) is 0 Å². The summed E-state index contributed by atoms with van der Waals surface area (Å²) in [5, 5.41) is 3.05. The number of likely N-dealkylation sites (N-methyl/N-ethyl adjacent to an activating group) is 1. The van der Waals surface area contributed by atoms with E-state index in [-0.39, 0.29) is 31.5 Å². The number of carbonyl (C=O) groups is 2. The highest BCUT2D eigenvalue weighted by Crippen LogP contribution is 2.43. The van der Waals surface area contributed by atoms with Crippen LogP contribution in [0, 0.1) is 0 Å². The third kappa shape index (κ3) is 49.5. The van der Waals surface area contributed by atoms with Gasteiger partial charge in [-0.1, -0.05) is 244 Å². The molecule has 0 saturated carbocycles.